The highest BCUT2D eigenvalue weighted by Crippen LogP contribution is 2.26. The van der Waals surface area contributed by atoms with Crippen LogP contribution < -0.4 is 4.90 Å². The van der Waals surface area contributed by atoms with Gasteiger partial charge in [-0.2, -0.15) is 5.10 Å². The molecule has 4 heteroatoms. The summed E-state index contributed by atoms with van der Waals surface area (Å²) in [5, 5.41) is 14.1. The summed E-state index contributed by atoms with van der Waals surface area (Å²) in [4.78, 5) is 2.03. The molecule has 1 N–H and O–H groups in total. The Bertz CT molecular complexity index is 560. The lowest BCUT2D eigenvalue weighted by Gasteiger charge is -2.20. The van der Waals surface area contributed by atoms with Gasteiger partial charge >= 0.3 is 0 Å². The minimum Gasteiger partial charge on any atom is -0.391 e. The van der Waals surface area contributed by atoms with Gasteiger partial charge in [-0.25, -0.2) is 4.68 Å². The van der Waals surface area contributed by atoms with Crippen molar-refractivity contribution in [3.63, 3.8) is 0 Å². The van der Waals surface area contributed by atoms with Crippen LogP contribution in [0, 0.1) is 6.92 Å². The number of para-hydroxylation sites is 1. The third-order valence-electron chi connectivity index (χ3n) is 3.08. The molecule has 1 aromatic carbocycles. The zero-order valence-corrected chi connectivity index (χ0v) is 11.4. The number of aromatic nitrogens is 2. The van der Waals surface area contributed by atoms with Gasteiger partial charge in [-0.15, -0.1) is 6.58 Å². The van der Waals surface area contributed by atoms with E-state index < -0.39 is 0 Å². The third-order valence-corrected chi connectivity index (χ3v) is 3.08. The number of anilines is 1. The summed E-state index contributed by atoms with van der Waals surface area (Å²) in [6.45, 7) is 6.35. The predicted molar refractivity (Wildman–Crippen MR) is 77.7 cm³/mol. The van der Waals surface area contributed by atoms with E-state index in [4.69, 9.17) is 0 Å². The van der Waals surface area contributed by atoms with E-state index in [0.29, 0.717) is 6.54 Å². The summed E-state index contributed by atoms with van der Waals surface area (Å²) in [6, 6.07) is 9.92. The predicted octanol–water partition coefficient (Wildman–Crippen LogP) is 2.30. The SMILES string of the molecule is C=CCN(C)c1c(CO)c(C)nn1-c1ccccc1. The standard InChI is InChI=1S/C15H19N3O/c1-4-10-17(3)15-14(11-19)12(2)16-18(15)13-8-6-5-7-9-13/h4-9,19H,1,10-11H2,2-3H3. The van der Waals surface area contributed by atoms with Crippen molar-refractivity contribution in [2.45, 2.75) is 13.5 Å². The molecule has 100 valence electrons. The van der Waals surface area contributed by atoms with Crippen LogP contribution in [0.5, 0.6) is 0 Å². The molecule has 0 amide bonds. The average Bonchev–Trinajstić information content (AvgIpc) is 2.77. The Balaban J connectivity index is 2.57. The summed E-state index contributed by atoms with van der Waals surface area (Å²) in [5.74, 6) is 0.908. The average molecular weight is 257 g/mol. The van der Waals surface area contributed by atoms with Gasteiger partial charge in [-0.1, -0.05) is 24.3 Å². The highest BCUT2D eigenvalue weighted by atomic mass is 16.3. The van der Waals surface area contributed by atoms with Crippen molar-refractivity contribution in [1.29, 1.82) is 0 Å². The summed E-state index contributed by atoms with van der Waals surface area (Å²) >= 11 is 0. The molecule has 0 fully saturated rings. The molecular weight excluding hydrogens is 238 g/mol. The van der Waals surface area contributed by atoms with E-state index in [2.05, 4.69) is 11.7 Å². The second kappa shape index (κ2) is 5.71. The fourth-order valence-corrected chi connectivity index (χ4v) is 2.15. The molecule has 1 aromatic heterocycles. The summed E-state index contributed by atoms with van der Waals surface area (Å²) in [7, 11) is 1.97. The lowest BCUT2D eigenvalue weighted by atomic mass is 10.2. The number of benzene rings is 1. The Hall–Kier alpha value is -2.07. The molecule has 19 heavy (non-hydrogen) atoms. The maximum Gasteiger partial charge on any atom is 0.138 e. The van der Waals surface area contributed by atoms with E-state index in [1.54, 1.807) is 0 Å². The van der Waals surface area contributed by atoms with E-state index in [1.165, 1.54) is 0 Å². The second-order valence-corrected chi connectivity index (χ2v) is 4.46. The topological polar surface area (TPSA) is 41.3 Å². The number of hydrogen-bond donors (Lipinski definition) is 1. The number of aryl methyl sites for hydroxylation is 1. The van der Waals surface area contributed by atoms with Crippen LogP contribution in [-0.2, 0) is 6.61 Å². The molecule has 2 aromatic rings. The molecule has 0 aliphatic rings. The molecule has 0 aliphatic carbocycles. The van der Waals surface area contributed by atoms with E-state index in [1.807, 2.05) is 60.0 Å². The van der Waals surface area contributed by atoms with E-state index in [-0.39, 0.29) is 6.61 Å². The zero-order valence-electron chi connectivity index (χ0n) is 11.4. The van der Waals surface area contributed by atoms with Crippen LogP contribution in [0.4, 0.5) is 5.82 Å². The first-order valence-electron chi connectivity index (χ1n) is 6.25. The number of likely N-dealkylation sites (N-methyl/N-ethyl adjacent to an activating group) is 1. The minimum absolute atomic E-state index is 0.0184. The summed E-state index contributed by atoms with van der Waals surface area (Å²) in [6.07, 6.45) is 1.83. The second-order valence-electron chi connectivity index (χ2n) is 4.46. The van der Waals surface area contributed by atoms with Crippen LogP contribution in [0.15, 0.2) is 43.0 Å². The van der Waals surface area contributed by atoms with Gasteiger partial charge in [0.05, 0.1) is 18.0 Å². The lowest BCUT2D eigenvalue weighted by Crippen LogP contribution is -2.21. The Labute approximate surface area is 113 Å². The Morgan fingerprint density at radius 3 is 2.63 bits per heavy atom. The van der Waals surface area contributed by atoms with Crippen LogP contribution in [0.25, 0.3) is 5.69 Å². The molecule has 0 aliphatic heterocycles. The highest BCUT2D eigenvalue weighted by Gasteiger charge is 2.18. The van der Waals surface area contributed by atoms with E-state index >= 15 is 0 Å². The van der Waals surface area contributed by atoms with Crippen LogP contribution >= 0.6 is 0 Å². The Morgan fingerprint density at radius 1 is 1.37 bits per heavy atom. The number of hydrogen-bond acceptors (Lipinski definition) is 3. The van der Waals surface area contributed by atoms with Crippen molar-refractivity contribution in [1.82, 2.24) is 9.78 Å². The molecule has 0 saturated heterocycles. The first-order chi connectivity index (χ1) is 9.19. The van der Waals surface area contributed by atoms with Gasteiger partial charge in [-0.05, 0) is 19.1 Å². The van der Waals surface area contributed by atoms with E-state index in [0.717, 1.165) is 22.8 Å². The Morgan fingerprint density at radius 2 is 2.05 bits per heavy atom. The molecule has 0 unspecified atom stereocenters. The van der Waals surface area contributed by atoms with Crippen molar-refractivity contribution in [2.75, 3.05) is 18.5 Å². The van der Waals surface area contributed by atoms with Crippen molar-refractivity contribution in [3.05, 3.63) is 54.2 Å². The van der Waals surface area contributed by atoms with Gasteiger partial charge in [0.2, 0.25) is 0 Å². The fraction of sp³-hybridized carbons (Fsp3) is 0.267. The largest absolute Gasteiger partial charge is 0.391 e. The monoisotopic (exact) mass is 257 g/mol. The zero-order chi connectivity index (χ0) is 13.8. The number of rotatable bonds is 5. The minimum atomic E-state index is -0.0184. The van der Waals surface area contributed by atoms with Gasteiger partial charge in [0, 0.05) is 19.2 Å². The first-order valence-corrected chi connectivity index (χ1v) is 6.25. The number of nitrogens with zero attached hydrogens (tertiary/aromatic N) is 3. The molecule has 0 spiro atoms. The molecule has 0 saturated carbocycles. The van der Waals surface area contributed by atoms with Gasteiger partial charge in [0.1, 0.15) is 5.82 Å². The van der Waals surface area contributed by atoms with Gasteiger partial charge < -0.3 is 10.0 Å². The van der Waals surface area contributed by atoms with Gasteiger partial charge in [-0.3, -0.25) is 0 Å². The molecule has 4 nitrogen and oxygen atoms in total. The maximum atomic E-state index is 9.57. The van der Waals surface area contributed by atoms with Crippen LogP contribution in [0.3, 0.4) is 0 Å². The Kier molecular flexibility index (Phi) is 4.02. The third kappa shape index (κ3) is 2.53. The van der Waals surface area contributed by atoms with Crippen molar-refractivity contribution in [2.24, 2.45) is 0 Å². The fourth-order valence-electron chi connectivity index (χ4n) is 2.15. The quantitative estimate of drug-likeness (QED) is 0.836. The first kappa shape index (κ1) is 13.4. The van der Waals surface area contributed by atoms with Crippen molar-refractivity contribution in [3.8, 4) is 5.69 Å². The number of aliphatic hydroxyl groups is 1. The molecular formula is C15H19N3O. The maximum absolute atomic E-state index is 9.57. The van der Waals surface area contributed by atoms with Gasteiger partial charge in [0.15, 0.2) is 0 Å². The van der Waals surface area contributed by atoms with E-state index in [9.17, 15) is 5.11 Å². The van der Waals surface area contributed by atoms with Crippen LogP contribution in [0.1, 0.15) is 11.3 Å². The smallest absolute Gasteiger partial charge is 0.138 e. The summed E-state index contributed by atoms with van der Waals surface area (Å²) < 4.78 is 1.87. The molecule has 0 bridgehead atoms. The molecule has 0 atom stereocenters. The molecule has 1 heterocycles. The van der Waals surface area contributed by atoms with Crippen LogP contribution in [-0.4, -0.2) is 28.5 Å². The summed E-state index contributed by atoms with van der Waals surface area (Å²) in [5.41, 5.74) is 2.68. The lowest BCUT2D eigenvalue weighted by molar-refractivity contribution is 0.281. The molecule has 2 rings (SSSR count). The van der Waals surface area contributed by atoms with Crippen molar-refractivity contribution >= 4 is 5.82 Å². The van der Waals surface area contributed by atoms with Crippen LogP contribution in [0.2, 0.25) is 0 Å². The normalized spacial score (nSPS) is 10.5. The van der Waals surface area contributed by atoms with Crippen molar-refractivity contribution < 1.29 is 5.11 Å². The van der Waals surface area contributed by atoms with Gasteiger partial charge in [0.25, 0.3) is 0 Å². The number of aliphatic hydroxyl groups excluding tert-OH is 1. The molecule has 0 radical (unpaired) electrons. The highest BCUT2D eigenvalue weighted by molar-refractivity contribution is 5.54.